The van der Waals surface area contributed by atoms with Crippen molar-refractivity contribution >= 4 is 28.7 Å². The first-order chi connectivity index (χ1) is 19.2. The predicted octanol–water partition coefficient (Wildman–Crippen LogP) is 5.25. The Kier molecular flexibility index (Phi) is 7.76. The van der Waals surface area contributed by atoms with E-state index in [0.717, 1.165) is 19.2 Å². The monoisotopic (exact) mass is 549 g/mol. The molecule has 206 valence electrons. The summed E-state index contributed by atoms with van der Waals surface area (Å²) in [4.78, 5) is 36.0. The summed E-state index contributed by atoms with van der Waals surface area (Å²) in [5, 5.41) is 3.89. The first-order valence-electron chi connectivity index (χ1n) is 12.6. The second-order valence-corrected chi connectivity index (χ2v) is 9.56. The van der Waals surface area contributed by atoms with Crippen molar-refractivity contribution < 1.29 is 27.5 Å². The topological polar surface area (TPSA) is 87.7 Å². The highest BCUT2D eigenvalue weighted by Crippen LogP contribution is 2.35. The summed E-state index contributed by atoms with van der Waals surface area (Å²) in [5.41, 5.74) is -0.223. The van der Waals surface area contributed by atoms with Gasteiger partial charge in [0.15, 0.2) is 12.1 Å². The molecule has 1 aliphatic heterocycles. The van der Waals surface area contributed by atoms with Crippen LogP contribution in [0.2, 0.25) is 0 Å². The molecule has 0 atom stereocenters. The number of likely N-dealkylation sites (N-methyl/N-ethyl adjacent to an activating group) is 1. The standard InChI is InChI=1S/C29H26F3N5O3/c1-36-11-13-37(14-12-36)17-20-5-6-21(16-25(20)29(30,31)32)34-28(39)24-4-2-3-19-15-22(7-8-23(19)24)40-27-9-10-33-26(18-38)35-27/h2-10,15-16,18H,11-14,17H2,1H3,(H,34,39). The van der Waals surface area contributed by atoms with Crippen LogP contribution in [-0.4, -0.2) is 65.2 Å². The number of carbonyl (C=O) groups is 2. The molecule has 1 N–H and O–H groups in total. The van der Waals surface area contributed by atoms with Crippen molar-refractivity contribution in [1.29, 1.82) is 0 Å². The summed E-state index contributed by atoms with van der Waals surface area (Å²) >= 11 is 0. The summed E-state index contributed by atoms with van der Waals surface area (Å²) in [5.74, 6) is 0.0529. The molecular formula is C29H26F3N5O3. The number of amides is 1. The summed E-state index contributed by atoms with van der Waals surface area (Å²) < 4.78 is 47.6. The smallest absolute Gasteiger partial charge is 0.416 e. The van der Waals surface area contributed by atoms with Crippen molar-refractivity contribution in [2.24, 2.45) is 0 Å². The molecule has 0 bridgehead atoms. The van der Waals surface area contributed by atoms with Gasteiger partial charge in [-0.3, -0.25) is 14.5 Å². The van der Waals surface area contributed by atoms with Gasteiger partial charge >= 0.3 is 6.18 Å². The number of piperazine rings is 1. The lowest BCUT2D eigenvalue weighted by atomic mass is 10.0. The Morgan fingerprint density at radius 3 is 2.60 bits per heavy atom. The normalized spacial score (nSPS) is 14.7. The zero-order valence-electron chi connectivity index (χ0n) is 21.6. The van der Waals surface area contributed by atoms with Gasteiger partial charge in [-0.15, -0.1) is 0 Å². The summed E-state index contributed by atoms with van der Waals surface area (Å²) in [6.45, 7) is 3.18. The number of anilines is 1. The Labute approximate surface area is 228 Å². The average Bonchev–Trinajstić information content (AvgIpc) is 2.94. The van der Waals surface area contributed by atoms with Gasteiger partial charge in [0, 0.05) is 56.2 Å². The molecule has 2 heterocycles. The van der Waals surface area contributed by atoms with Crippen molar-refractivity contribution in [2.75, 3.05) is 38.5 Å². The number of alkyl halides is 3. The largest absolute Gasteiger partial charge is 0.439 e. The van der Waals surface area contributed by atoms with E-state index >= 15 is 0 Å². The fourth-order valence-electron chi connectivity index (χ4n) is 4.62. The molecule has 0 unspecified atom stereocenters. The average molecular weight is 550 g/mol. The van der Waals surface area contributed by atoms with Gasteiger partial charge in [-0.25, -0.2) is 4.98 Å². The van der Waals surface area contributed by atoms with E-state index in [4.69, 9.17) is 4.74 Å². The molecular weight excluding hydrogens is 523 g/mol. The lowest BCUT2D eigenvalue weighted by molar-refractivity contribution is -0.138. The molecule has 40 heavy (non-hydrogen) atoms. The van der Waals surface area contributed by atoms with Gasteiger partial charge in [0.2, 0.25) is 5.88 Å². The molecule has 0 spiro atoms. The molecule has 1 amide bonds. The first-order valence-corrected chi connectivity index (χ1v) is 12.6. The van der Waals surface area contributed by atoms with Crippen molar-refractivity contribution in [3.05, 3.63) is 89.4 Å². The molecule has 0 aliphatic carbocycles. The van der Waals surface area contributed by atoms with Gasteiger partial charge in [-0.05, 0) is 59.8 Å². The van der Waals surface area contributed by atoms with E-state index in [1.807, 2.05) is 11.9 Å². The number of aromatic nitrogens is 2. The van der Waals surface area contributed by atoms with Crippen molar-refractivity contribution in [3.63, 3.8) is 0 Å². The number of carbonyl (C=O) groups excluding carboxylic acids is 2. The van der Waals surface area contributed by atoms with Crippen LogP contribution in [0, 0.1) is 0 Å². The van der Waals surface area contributed by atoms with Crippen molar-refractivity contribution in [2.45, 2.75) is 12.7 Å². The summed E-state index contributed by atoms with van der Waals surface area (Å²) in [6, 6.07) is 15.5. The Hall–Kier alpha value is -4.35. The maximum Gasteiger partial charge on any atom is 0.416 e. The third-order valence-electron chi connectivity index (χ3n) is 6.74. The van der Waals surface area contributed by atoms with Crippen LogP contribution in [0.5, 0.6) is 11.6 Å². The number of rotatable bonds is 7. The molecule has 8 nitrogen and oxygen atoms in total. The highest BCUT2D eigenvalue weighted by atomic mass is 19.4. The van der Waals surface area contributed by atoms with Crippen LogP contribution < -0.4 is 10.1 Å². The highest BCUT2D eigenvalue weighted by Gasteiger charge is 2.34. The number of nitrogens with zero attached hydrogens (tertiary/aromatic N) is 4. The number of aldehydes is 1. The second-order valence-electron chi connectivity index (χ2n) is 9.56. The molecule has 1 saturated heterocycles. The van der Waals surface area contributed by atoms with Gasteiger partial charge in [-0.1, -0.05) is 18.2 Å². The second kappa shape index (κ2) is 11.4. The minimum Gasteiger partial charge on any atom is -0.439 e. The lowest BCUT2D eigenvalue weighted by Crippen LogP contribution is -2.44. The predicted molar refractivity (Wildman–Crippen MR) is 144 cm³/mol. The van der Waals surface area contributed by atoms with E-state index in [0.29, 0.717) is 41.5 Å². The SMILES string of the molecule is CN1CCN(Cc2ccc(NC(=O)c3cccc4cc(Oc5ccnc(C=O)n5)ccc34)cc2C(F)(F)F)CC1. The molecule has 0 radical (unpaired) electrons. The molecule has 3 aromatic carbocycles. The third kappa shape index (κ3) is 6.27. The van der Waals surface area contributed by atoms with Crippen molar-refractivity contribution in [1.82, 2.24) is 19.8 Å². The van der Waals surface area contributed by atoms with Gasteiger partial charge < -0.3 is 15.0 Å². The van der Waals surface area contributed by atoms with Crippen LogP contribution in [-0.2, 0) is 12.7 Å². The fourth-order valence-corrected chi connectivity index (χ4v) is 4.62. The number of ether oxygens (including phenoxy) is 1. The lowest BCUT2D eigenvalue weighted by Gasteiger charge is -2.33. The minimum atomic E-state index is -4.56. The molecule has 1 aromatic heterocycles. The van der Waals surface area contributed by atoms with Gasteiger partial charge in [0.1, 0.15) is 5.75 Å². The van der Waals surface area contributed by atoms with E-state index in [-0.39, 0.29) is 29.5 Å². The van der Waals surface area contributed by atoms with E-state index in [1.54, 1.807) is 36.4 Å². The number of nitrogens with one attached hydrogen (secondary N) is 1. The van der Waals surface area contributed by atoms with Crippen LogP contribution in [0.15, 0.2) is 66.9 Å². The highest BCUT2D eigenvalue weighted by molar-refractivity contribution is 6.13. The fraction of sp³-hybridized carbons (Fsp3) is 0.241. The summed E-state index contributed by atoms with van der Waals surface area (Å²) in [6.07, 6.45) is -2.65. The van der Waals surface area contributed by atoms with Crippen LogP contribution in [0.25, 0.3) is 10.8 Å². The zero-order valence-corrected chi connectivity index (χ0v) is 21.6. The molecule has 5 rings (SSSR count). The van der Waals surface area contributed by atoms with Crippen LogP contribution in [0.4, 0.5) is 18.9 Å². The van der Waals surface area contributed by atoms with Crippen molar-refractivity contribution in [3.8, 4) is 11.6 Å². The van der Waals surface area contributed by atoms with Gasteiger partial charge in [0.05, 0.1) is 5.56 Å². The molecule has 4 aromatic rings. The Bertz CT molecular complexity index is 1550. The molecule has 11 heteroatoms. The van der Waals surface area contributed by atoms with Gasteiger partial charge in [0.25, 0.3) is 5.91 Å². The maximum absolute atomic E-state index is 14.0. The Morgan fingerprint density at radius 2 is 1.85 bits per heavy atom. The Balaban J connectivity index is 1.36. The van der Waals surface area contributed by atoms with E-state index < -0.39 is 17.6 Å². The van der Waals surface area contributed by atoms with E-state index in [1.165, 1.54) is 24.4 Å². The van der Waals surface area contributed by atoms with E-state index in [2.05, 4.69) is 20.2 Å². The quantitative estimate of drug-likeness (QED) is 0.315. The molecule has 1 fully saturated rings. The molecule has 1 aliphatic rings. The zero-order chi connectivity index (χ0) is 28.3. The number of fused-ring (bicyclic) bond motifs is 1. The molecule has 0 saturated carbocycles. The first kappa shape index (κ1) is 27.2. The minimum absolute atomic E-state index is 0.0155. The number of halogens is 3. The van der Waals surface area contributed by atoms with Crippen LogP contribution >= 0.6 is 0 Å². The summed E-state index contributed by atoms with van der Waals surface area (Å²) in [7, 11) is 1.99. The maximum atomic E-state index is 14.0. The Morgan fingerprint density at radius 1 is 1.05 bits per heavy atom. The number of benzene rings is 3. The number of hydrogen-bond donors (Lipinski definition) is 1. The van der Waals surface area contributed by atoms with Gasteiger partial charge in [-0.2, -0.15) is 18.2 Å². The van der Waals surface area contributed by atoms with E-state index in [9.17, 15) is 22.8 Å². The van der Waals surface area contributed by atoms with Crippen LogP contribution in [0.3, 0.4) is 0 Å². The van der Waals surface area contributed by atoms with Crippen LogP contribution in [0.1, 0.15) is 32.1 Å². The third-order valence-corrected chi connectivity index (χ3v) is 6.74. The number of hydrogen-bond acceptors (Lipinski definition) is 7.